The van der Waals surface area contributed by atoms with E-state index < -0.39 is 6.43 Å². The Morgan fingerprint density at radius 3 is 2.81 bits per heavy atom. The Bertz CT molecular complexity index is 1040. The fraction of sp³-hybridized carbons (Fsp3) is 0.409. The third kappa shape index (κ3) is 3.80. The smallest absolute Gasteiger partial charge is 0.264 e. The Morgan fingerprint density at radius 2 is 2.13 bits per heavy atom. The van der Waals surface area contributed by atoms with Gasteiger partial charge in [0.15, 0.2) is 5.82 Å². The van der Waals surface area contributed by atoms with Crippen molar-refractivity contribution < 1.29 is 13.6 Å². The van der Waals surface area contributed by atoms with Crippen molar-refractivity contribution in [3.05, 3.63) is 46.3 Å². The Labute approximate surface area is 179 Å². The van der Waals surface area contributed by atoms with Gasteiger partial charge in [0.2, 0.25) is 5.91 Å². The highest BCUT2D eigenvalue weighted by atomic mass is 19.3. The number of aromatic amines is 1. The zero-order valence-corrected chi connectivity index (χ0v) is 17.6. The number of halogens is 2. The Kier molecular flexibility index (Phi) is 5.75. The summed E-state index contributed by atoms with van der Waals surface area (Å²) in [6.07, 6.45) is 2.28. The third-order valence-electron chi connectivity index (χ3n) is 5.98. The van der Waals surface area contributed by atoms with Crippen molar-refractivity contribution in [3.8, 4) is 0 Å². The van der Waals surface area contributed by atoms with Crippen LogP contribution in [0, 0.1) is 5.41 Å². The quantitative estimate of drug-likeness (QED) is 0.636. The van der Waals surface area contributed by atoms with Gasteiger partial charge in [-0.1, -0.05) is 0 Å². The molecule has 7 nitrogen and oxygen atoms in total. The predicted molar refractivity (Wildman–Crippen MR) is 116 cm³/mol. The van der Waals surface area contributed by atoms with Crippen LogP contribution < -0.4 is 10.2 Å². The molecular formula is C22H26F2N6O. The first-order valence-corrected chi connectivity index (χ1v) is 10.4. The van der Waals surface area contributed by atoms with E-state index in [0.29, 0.717) is 48.7 Å². The van der Waals surface area contributed by atoms with Crippen LogP contribution in [0.25, 0.3) is 5.57 Å². The molecule has 0 saturated heterocycles. The Morgan fingerprint density at radius 1 is 1.32 bits per heavy atom. The first kappa shape index (κ1) is 21.0. The lowest BCUT2D eigenvalue weighted by Gasteiger charge is -2.33. The van der Waals surface area contributed by atoms with E-state index in [1.165, 1.54) is 6.07 Å². The fourth-order valence-corrected chi connectivity index (χ4v) is 4.42. The van der Waals surface area contributed by atoms with Crippen molar-refractivity contribution >= 4 is 29.2 Å². The number of hydrogen-bond donors (Lipinski definition) is 3. The first-order valence-electron chi connectivity index (χ1n) is 10.4. The molecule has 3 heterocycles. The molecule has 164 valence electrons. The van der Waals surface area contributed by atoms with Gasteiger partial charge in [-0.3, -0.25) is 9.89 Å². The van der Waals surface area contributed by atoms with Crippen LogP contribution in [0.4, 0.5) is 20.3 Å². The molecule has 0 unspecified atom stereocenters. The summed E-state index contributed by atoms with van der Waals surface area (Å²) in [5.41, 5.74) is 4.28. The van der Waals surface area contributed by atoms with Gasteiger partial charge in [-0.25, -0.2) is 8.78 Å². The number of carbonyl (C=O) groups excluding carboxylic acids is 1. The molecule has 31 heavy (non-hydrogen) atoms. The van der Waals surface area contributed by atoms with Crippen LogP contribution in [0.15, 0.2) is 18.3 Å². The minimum atomic E-state index is -2.68. The van der Waals surface area contributed by atoms with Gasteiger partial charge in [0.1, 0.15) is 0 Å². The third-order valence-corrected chi connectivity index (χ3v) is 5.98. The molecule has 0 spiro atoms. The number of anilines is 2. The van der Waals surface area contributed by atoms with Gasteiger partial charge in [0.25, 0.3) is 6.43 Å². The number of carbonyl (C=O) groups is 1. The molecule has 2 aromatic rings. The summed E-state index contributed by atoms with van der Waals surface area (Å²) in [5, 5.41) is 18.1. The number of nitrogens with one attached hydrogen (secondary N) is 3. The molecule has 3 N–H and O–H groups in total. The van der Waals surface area contributed by atoms with E-state index in [1.807, 2.05) is 4.90 Å². The van der Waals surface area contributed by atoms with Crippen LogP contribution in [-0.2, 0) is 24.2 Å². The number of nitrogens with zero attached hydrogens (tertiary/aromatic N) is 3. The number of benzene rings is 1. The van der Waals surface area contributed by atoms with E-state index in [0.717, 1.165) is 35.9 Å². The second-order valence-corrected chi connectivity index (χ2v) is 7.85. The molecule has 1 amide bonds. The summed E-state index contributed by atoms with van der Waals surface area (Å²) in [4.78, 5) is 15.7. The Balaban J connectivity index is 1.80. The molecular weight excluding hydrogens is 402 g/mol. The van der Waals surface area contributed by atoms with Crippen LogP contribution in [0.2, 0.25) is 0 Å². The van der Waals surface area contributed by atoms with E-state index in [-0.39, 0.29) is 11.5 Å². The van der Waals surface area contributed by atoms with Crippen molar-refractivity contribution in [3.63, 3.8) is 0 Å². The summed E-state index contributed by atoms with van der Waals surface area (Å²) in [6.45, 7) is 3.32. The van der Waals surface area contributed by atoms with Gasteiger partial charge in [-0.2, -0.15) is 5.10 Å². The van der Waals surface area contributed by atoms with Crippen LogP contribution in [0.5, 0.6) is 0 Å². The second kappa shape index (κ2) is 8.49. The average molecular weight is 428 g/mol. The van der Waals surface area contributed by atoms with Crippen LogP contribution in [0.3, 0.4) is 0 Å². The lowest BCUT2D eigenvalue weighted by molar-refractivity contribution is -0.129. The second-order valence-electron chi connectivity index (χ2n) is 7.85. The average Bonchev–Trinajstić information content (AvgIpc) is 3.19. The van der Waals surface area contributed by atoms with Crippen LogP contribution in [-0.4, -0.2) is 47.4 Å². The van der Waals surface area contributed by atoms with Crippen LogP contribution >= 0.6 is 0 Å². The standard InChI is InChI=1S/C22H26F2N6O/c1-13(31)29-7-5-19-18(12-29)22(28-27-19)30-6-3-4-14-8-16(15(10-25)11-26-2)17(21(23)24)9-20(14)30/h8-11,21,25-26H,3-7,12H2,1-2H3,(H,27,28)/b15-11+,25-10?. The number of hydrogen-bond acceptors (Lipinski definition) is 5. The number of aryl methyl sites for hydroxylation is 1. The summed E-state index contributed by atoms with van der Waals surface area (Å²) < 4.78 is 28.0. The van der Waals surface area contributed by atoms with Crippen molar-refractivity contribution in [1.29, 1.82) is 5.41 Å². The number of H-pyrrole nitrogens is 1. The van der Waals surface area contributed by atoms with Gasteiger partial charge in [-0.15, -0.1) is 0 Å². The number of amides is 1. The number of allylic oxidation sites excluding steroid dienone is 1. The summed E-state index contributed by atoms with van der Waals surface area (Å²) in [6, 6.07) is 3.31. The molecule has 0 aliphatic carbocycles. The molecule has 2 aliphatic rings. The predicted octanol–water partition coefficient (Wildman–Crippen LogP) is 3.55. The minimum absolute atomic E-state index is 0.0111. The van der Waals surface area contributed by atoms with Crippen molar-refractivity contribution in [2.24, 2.45) is 0 Å². The zero-order chi connectivity index (χ0) is 22.1. The van der Waals surface area contributed by atoms with Crippen molar-refractivity contribution in [1.82, 2.24) is 20.4 Å². The maximum absolute atomic E-state index is 14.0. The van der Waals surface area contributed by atoms with Gasteiger partial charge in [-0.05, 0) is 36.1 Å². The zero-order valence-electron chi connectivity index (χ0n) is 17.6. The fourth-order valence-electron chi connectivity index (χ4n) is 4.42. The summed E-state index contributed by atoms with van der Waals surface area (Å²) in [7, 11) is 1.68. The molecule has 4 rings (SSSR count). The molecule has 2 aliphatic heterocycles. The number of alkyl halides is 2. The van der Waals surface area contributed by atoms with E-state index in [2.05, 4.69) is 15.5 Å². The van der Waals surface area contributed by atoms with E-state index >= 15 is 0 Å². The number of rotatable bonds is 5. The van der Waals surface area contributed by atoms with E-state index in [9.17, 15) is 13.6 Å². The molecule has 1 aromatic heterocycles. The lowest BCUT2D eigenvalue weighted by atomic mass is 9.92. The summed E-state index contributed by atoms with van der Waals surface area (Å²) >= 11 is 0. The van der Waals surface area contributed by atoms with E-state index in [1.54, 1.807) is 31.1 Å². The monoisotopic (exact) mass is 428 g/mol. The molecule has 1 aromatic carbocycles. The highest BCUT2D eigenvalue weighted by Gasteiger charge is 2.30. The highest BCUT2D eigenvalue weighted by Crippen LogP contribution is 2.41. The molecule has 0 atom stereocenters. The molecule has 9 heteroatoms. The minimum Gasteiger partial charge on any atom is -0.393 e. The number of aromatic nitrogens is 2. The number of fused-ring (bicyclic) bond motifs is 2. The Hall–Kier alpha value is -3.23. The topological polar surface area (TPSA) is 88.1 Å². The van der Waals surface area contributed by atoms with Crippen molar-refractivity contribution in [2.45, 2.75) is 39.2 Å². The SMILES string of the molecule is CN/C=C(\C=N)c1cc2c(cc1C(F)F)N(c1n[nH]c3c1CN(C(C)=O)CC3)CCC2. The maximum atomic E-state index is 14.0. The normalized spacial score (nSPS) is 16.2. The van der Waals surface area contributed by atoms with Crippen LogP contribution in [0.1, 0.15) is 47.7 Å². The largest absolute Gasteiger partial charge is 0.393 e. The van der Waals surface area contributed by atoms with Crippen molar-refractivity contribution in [2.75, 3.05) is 25.0 Å². The molecule has 0 bridgehead atoms. The lowest BCUT2D eigenvalue weighted by Crippen LogP contribution is -2.35. The molecule has 0 radical (unpaired) electrons. The highest BCUT2D eigenvalue weighted by molar-refractivity contribution is 6.09. The van der Waals surface area contributed by atoms with E-state index in [4.69, 9.17) is 5.41 Å². The molecule has 0 saturated carbocycles. The van der Waals surface area contributed by atoms with Gasteiger partial charge in [0, 0.05) is 74.0 Å². The van der Waals surface area contributed by atoms with Gasteiger partial charge in [0.05, 0.1) is 6.54 Å². The first-order chi connectivity index (χ1) is 14.9. The maximum Gasteiger partial charge on any atom is 0.264 e. The van der Waals surface area contributed by atoms with Gasteiger partial charge < -0.3 is 20.5 Å². The summed E-state index contributed by atoms with van der Waals surface area (Å²) in [5.74, 6) is 0.713. The van der Waals surface area contributed by atoms with Gasteiger partial charge >= 0.3 is 0 Å². The molecule has 0 fully saturated rings.